The van der Waals surface area contributed by atoms with Crippen LogP contribution in [0.5, 0.6) is 0 Å². The second-order valence-electron chi connectivity index (χ2n) is 3.15. The molecule has 0 amide bonds. The van der Waals surface area contributed by atoms with Crippen molar-refractivity contribution in [1.82, 2.24) is 0 Å². The molecule has 0 radical (unpaired) electrons. The average molecular weight is 205 g/mol. The van der Waals surface area contributed by atoms with E-state index < -0.39 is 0 Å². The van der Waals surface area contributed by atoms with Crippen molar-refractivity contribution in [1.29, 1.82) is 0 Å². The highest BCUT2D eigenvalue weighted by atomic mass is 16.4. The van der Waals surface area contributed by atoms with Crippen LogP contribution in [0, 0.1) is 6.92 Å². The van der Waals surface area contributed by atoms with Crippen LogP contribution in [0.2, 0.25) is 0 Å². The van der Waals surface area contributed by atoms with Crippen molar-refractivity contribution < 1.29 is 4.42 Å². The van der Waals surface area contributed by atoms with Gasteiger partial charge in [0.2, 0.25) is 0 Å². The molecule has 1 aromatic heterocycles. The Labute approximate surface area is 88.5 Å². The maximum Gasteiger partial charge on any atom is 0.336 e. The second kappa shape index (κ2) is 5.32. The monoisotopic (exact) mass is 205 g/mol. The van der Waals surface area contributed by atoms with Gasteiger partial charge in [-0.25, -0.2) is 4.79 Å². The van der Waals surface area contributed by atoms with Crippen molar-refractivity contribution in [2.45, 2.75) is 13.8 Å². The minimum absolute atomic E-state index is 0.286. The molecule has 0 unspecified atom stereocenters. The topological polar surface area (TPSA) is 56.2 Å². The van der Waals surface area contributed by atoms with Gasteiger partial charge in [0, 0.05) is 11.5 Å². The molecule has 1 aromatic carbocycles. The number of para-hydroxylation sites is 1. The molecule has 3 nitrogen and oxygen atoms in total. The molecule has 80 valence electrons. The Morgan fingerprint density at radius 1 is 1.33 bits per heavy atom. The van der Waals surface area contributed by atoms with Crippen molar-refractivity contribution in [3.8, 4) is 0 Å². The minimum atomic E-state index is -0.286. The quantitative estimate of drug-likeness (QED) is 0.670. The van der Waals surface area contributed by atoms with Crippen molar-refractivity contribution >= 4 is 11.0 Å². The van der Waals surface area contributed by atoms with Gasteiger partial charge in [-0.05, 0) is 25.1 Å². The fraction of sp³-hybridized carbons (Fsp3) is 0.250. The summed E-state index contributed by atoms with van der Waals surface area (Å²) in [6.45, 7) is 4.55. The molecule has 0 atom stereocenters. The van der Waals surface area contributed by atoms with Gasteiger partial charge in [0.05, 0.1) is 0 Å². The highest BCUT2D eigenvalue weighted by molar-refractivity contribution is 5.79. The number of fused-ring (bicyclic) bond motifs is 1. The average Bonchev–Trinajstić information content (AvgIpc) is 2.18. The van der Waals surface area contributed by atoms with Gasteiger partial charge in [-0.2, -0.15) is 0 Å². The van der Waals surface area contributed by atoms with E-state index in [-0.39, 0.29) is 5.63 Å². The number of benzene rings is 1. The van der Waals surface area contributed by atoms with Crippen molar-refractivity contribution in [2.75, 3.05) is 6.54 Å². The lowest BCUT2D eigenvalue weighted by Crippen LogP contribution is -1.97. The van der Waals surface area contributed by atoms with Crippen molar-refractivity contribution in [3.05, 3.63) is 46.3 Å². The summed E-state index contributed by atoms with van der Waals surface area (Å²) in [5, 5.41) is 0.997. The molecular formula is C12H15NO2. The minimum Gasteiger partial charge on any atom is -0.423 e. The number of nitrogens with two attached hydrogens (primary N) is 1. The molecule has 2 aromatic rings. The molecule has 0 bridgehead atoms. The first-order valence-corrected chi connectivity index (χ1v) is 4.88. The second-order valence-corrected chi connectivity index (χ2v) is 3.15. The largest absolute Gasteiger partial charge is 0.423 e. The van der Waals surface area contributed by atoms with Gasteiger partial charge in [0.15, 0.2) is 0 Å². The van der Waals surface area contributed by atoms with E-state index in [9.17, 15) is 4.79 Å². The molecule has 0 spiro atoms. The van der Waals surface area contributed by atoms with Crippen LogP contribution in [0.1, 0.15) is 12.5 Å². The lowest BCUT2D eigenvalue weighted by atomic mass is 10.1. The van der Waals surface area contributed by atoms with Crippen LogP contribution >= 0.6 is 0 Å². The van der Waals surface area contributed by atoms with E-state index in [0.717, 1.165) is 17.5 Å². The zero-order valence-electron chi connectivity index (χ0n) is 8.99. The Bertz CT molecular complexity index is 488. The van der Waals surface area contributed by atoms with Crippen molar-refractivity contribution in [3.63, 3.8) is 0 Å². The summed E-state index contributed by atoms with van der Waals surface area (Å²) >= 11 is 0. The predicted molar refractivity (Wildman–Crippen MR) is 61.9 cm³/mol. The molecule has 0 saturated carbocycles. The Hall–Kier alpha value is -1.61. The van der Waals surface area contributed by atoms with Crippen molar-refractivity contribution in [2.24, 2.45) is 5.73 Å². The molecule has 3 heteroatoms. The Kier molecular flexibility index (Phi) is 4.06. The number of aryl methyl sites for hydroxylation is 1. The molecule has 0 aliphatic carbocycles. The fourth-order valence-corrected chi connectivity index (χ4v) is 1.27. The summed E-state index contributed by atoms with van der Waals surface area (Å²) in [4.78, 5) is 10.9. The maximum absolute atomic E-state index is 10.9. The van der Waals surface area contributed by atoms with Gasteiger partial charge >= 0.3 is 5.63 Å². The summed E-state index contributed by atoms with van der Waals surface area (Å²) in [5.74, 6) is 0. The van der Waals surface area contributed by atoms with E-state index in [4.69, 9.17) is 10.2 Å². The highest BCUT2D eigenvalue weighted by Gasteiger charge is 1.98. The molecule has 0 fully saturated rings. The van der Waals surface area contributed by atoms with E-state index in [1.54, 1.807) is 6.07 Å². The van der Waals surface area contributed by atoms with Crippen LogP contribution < -0.4 is 11.4 Å². The van der Waals surface area contributed by atoms with Crippen LogP contribution in [0.25, 0.3) is 11.0 Å². The van der Waals surface area contributed by atoms with Crippen LogP contribution in [0.15, 0.2) is 39.5 Å². The van der Waals surface area contributed by atoms with Crippen LogP contribution in [0.4, 0.5) is 0 Å². The lowest BCUT2D eigenvalue weighted by molar-refractivity contribution is 0.560. The summed E-state index contributed by atoms with van der Waals surface area (Å²) in [6, 6.07) is 9.01. The first-order valence-electron chi connectivity index (χ1n) is 4.88. The van der Waals surface area contributed by atoms with Crippen LogP contribution in [-0.4, -0.2) is 6.54 Å². The van der Waals surface area contributed by atoms with E-state index in [2.05, 4.69) is 0 Å². The van der Waals surface area contributed by atoms with E-state index in [1.165, 1.54) is 6.07 Å². The standard InChI is InChI=1S/C10H8O2.C2H7N/c1-7-6-10(11)12-9-5-3-2-4-8(7)9;1-2-3/h2-6H,1H3;2-3H2,1H3. The van der Waals surface area contributed by atoms with Gasteiger partial charge in [-0.1, -0.05) is 25.1 Å². The molecule has 0 aliphatic heterocycles. The van der Waals surface area contributed by atoms with E-state index in [0.29, 0.717) is 5.58 Å². The molecule has 0 saturated heterocycles. The van der Waals surface area contributed by atoms with Gasteiger partial charge in [0.1, 0.15) is 5.58 Å². The highest BCUT2D eigenvalue weighted by Crippen LogP contribution is 2.14. The smallest absolute Gasteiger partial charge is 0.336 e. The molecule has 2 N–H and O–H groups in total. The summed E-state index contributed by atoms with van der Waals surface area (Å²) in [6.07, 6.45) is 0. The lowest BCUT2D eigenvalue weighted by Gasteiger charge is -1.97. The van der Waals surface area contributed by atoms with Gasteiger partial charge < -0.3 is 10.2 Å². The fourth-order valence-electron chi connectivity index (χ4n) is 1.27. The van der Waals surface area contributed by atoms with Gasteiger partial charge in [-0.3, -0.25) is 0 Å². The first kappa shape index (κ1) is 11.5. The SMILES string of the molecule is CCN.Cc1cc(=O)oc2ccccc12. The summed E-state index contributed by atoms with van der Waals surface area (Å²) in [7, 11) is 0. The molecular weight excluding hydrogens is 190 g/mol. The Morgan fingerprint density at radius 3 is 2.60 bits per heavy atom. The zero-order valence-corrected chi connectivity index (χ0v) is 8.99. The first-order chi connectivity index (χ1) is 7.19. The summed E-state index contributed by atoms with van der Waals surface area (Å²) in [5.41, 5.74) is 6.18. The molecule has 2 rings (SSSR count). The molecule has 1 heterocycles. The molecule has 15 heavy (non-hydrogen) atoms. The van der Waals surface area contributed by atoms with E-state index in [1.807, 2.05) is 32.0 Å². The molecule has 0 aliphatic rings. The zero-order chi connectivity index (χ0) is 11.3. The summed E-state index contributed by atoms with van der Waals surface area (Å²) < 4.78 is 4.99. The number of hydrogen-bond acceptors (Lipinski definition) is 3. The normalized spacial score (nSPS) is 9.53. The van der Waals surface area contributed by atoms with Gasteiger partial charge in [-0.15, -0.1) is 0 Å². The third kappa shape index (κ3) is 2.92. The van der Waals surface area contributed by atoms with E-state index >= 15 is 0 Å². The van der Waals surface area contributed by atoms with Crippen LogP contribution in [0.3, 0.4) is 0 Å². The third-order valence-electron chi connectivity index (χ3n) is 1.86. The predicted octanol–water partition coefficient (Wildman–Crippen LogP) is 2.07. The maximum atomic E-state index is 10.9. The number of hydrogen-bond donors (Lipinski definition) is 1. The Morgan fingerprint density at radius 2 is 1.93 bits per heavy atom. The number of rotatable bonds is 0. The van der Waals surface area contributed by atoms with Crippen LogP contribution in [-0.2, 0) is 0 Å². The van der Waals surface area contributed by atoms with Gasteiger partial charge in [0.25, 0.3) is 0 Å². The third-order valence-corrected chi connectivity index (χ3v) is 1.86. The Balaban J connectivity index is 0.000000337.